The van der Waals surface area contributed by atoms with Crippen LogP contribution in [0, 0.1) is 11.6 Å². The van der Waals surface area contributed by atoms with Gasteiger partial charge in [0.15, 0.2) is 5.78 Å². The van der Waals surface area contributed by atoms with Gasteiger partial charge in [-0.2, -0.15) is 0 Å². The number of carbonyl (C=O) groups is 1. The van der Waals surface area contributed by atoms with Gasteiger partial charge in [0.05, 0.1) is 12.8 Å². The Balaban J connectivity index is 2.22. The number of rotatable bonds is 5. The van der Waals surface area contributed by atoms with Crippen molar-refractivity contribution in [3.8, 4) is 5.75 Å². The zero-order chi connectivity index (χ0) is 14.5. The maximum absolute atomic E-state index is 13.5. The molecule has 3 nitrogen and oxygen atoms in total. The molecular weight excluding hydrogens is 264 g/mol. The Morgan fingerprint density at radius 3 is 2.60 bits per heavy atom. The average molecular weight is 277 g/mol. The van der Waals surface area contributed by atoms with Crippen LogP contribution in [-0.4, -0.2) is 17.4 Å². The summed E-state index contributed by atoms with van der Waals surface area (Å²) in [5, 5.41) is 0. The van der Waals surface area contributed by atoms with E-state index in [9.17, 15) is 13.6 Å². The number of aromatic nitrogens is 1. The monoisotopic (exact) mass is 277 g/mol. The van der Waals surface area contributed by atoms with E-state index in [4.69, 9.17) is 4.74 Å². The summed E-state index contributed by atoms with van der Waals surface area (Å²) in [5.41, 5.74) is 0.0258. The summed E-state index contributed by atoms with van der Waals surface area (Å²) in [6.07, 6.45) is 2.48. The van der Waals surface area contributed by atoms with Crippen molar-refractivity contribution in [3.63, 3.8) is 0 Å². The number of benzene rings is 1. The molecular formula is C15H13F2NO2. The molecule has 1 heterocycles. The molecule has 5 heteroatoms. The first-order chi connectivity index (χ1) is 9.61. The molecule has 0 aliphatic carbocycles. The number of halogens is 2. The largest absolute Gasteiger partial charge is 0.492 e. The standard InChI is InChI=1S/C15H13F2NO2/c1-2-20-11-6-10(8-18-9-11)15(19)7-12-13(16)4-3-5-14(12)17/h3-6,8-9H,2,7H2,1H3. The molecule has 1 aromatic heterocycles. The van der Waals surface area contributed by atoms with Crippen LogP contribution in [0.15, 0.2) is 36.7 Å². The Bertz CT molecular complexity index is 609. The molecule has 0 saturated carbocycles. The first kappa shape index (κ1) is 14.1. The maximum atomic E-state index is 13.5. The molecule has 1 aromatic carbocycles. The van der Waals surface area contributed by atoms with Gasteiger partial charge < -0.3 is 4.74 Å². The van der Waals surface area contributed by atoms with Crippen molar-refractivity contribution in [1.29, 1.82) is 0 Å². The molecule has 104 valence electrons. The molecule has 0 spiro atoms. The Morgan fingerprint density at radius 1 is 1.25 bits per heavy atom. The van der Waals surface area contributed by atoms with Crippen LogP contribution in [0.2, 0.25) is 0 Å². The number of hydrogen-bond donors (Lipinski definition) is 0. The molecule has 0 unspecified atom stereocenters. The lowest BCUT2D eigenvalue weighted by Crippen LogP contribution is -2.08. The maximum Gasteiger partial charge on any atom is 0.169 e. The summed E-state index contributed by atoms with van der Waals surface area (Å²) in [6, 6.07) is 5.02. The lowest BCUT2D eigenvalue weighted by atomic mass is 10.0. The smallest absolute Gasteiger partial charge is 0.169 e. The van der Waals surface area contributed by atoms with Gasteiger partial charge in [-0.1, -0.05) is 6.07 Å². The zero-order valence-electron chi connectivity index (χ0n) is 10.9. The fourth-order valence-corrected chi connectivity index (χ4v) is 1.78. The van der Waals surface area contributed by atoms with E-state index < -0.39 is 17.4 Å². The van der Waals surface area contributed by atoms with Crippen LogP contribution in [-0.2, 0) is 6.42 Å². The van der Waals surface area contributed by atoms with E-state index in [0.717, 1.165) is 12.1 Å². The highest BCUT2D eigenvalue weighted by molar-refractivity contribution is 5.97. The van der Waals surface area contributed by atoms with Crippen molar-refractivity contribution < 1.29 is 18.3 Å². The first-order valence-corrected chi connectivity index (χ1v) is 6.15. The van der Waals surface area contributed by atoms with E-state index >= 15 is 0 Å². The van der Waals surface area contributed by atoms with E-state index in [1.54, 1.807) is 0 Å². The minimum atomic E-state index is -0.729. The van der Waals surface area contributed by atoms with E-state index in [1.165, 1.54) is 24.5 Å². The Kier molecular flexibility index (Phi) is 4.40. The highest BCUT2D eigenvalue weighted by Crippen LogP contribution is 2.17. The first-order valence-electron chi connectivity index (χ1n) is 6.15. The SMILES string of the molecule is CCOc1cncc(C(=O)Cc2c(F)cccc2F)c1. The molecule has 0 amide bonds. The van der Waals surface area contributed by atoms with Gasteiger partial charge in [0, 0.05) is 23.7 Å². The van der Waals surface area contributed by atoms with Crippen LogP contribution in [0.5, 0.6) is 5.75 Å². The summed E-state index contributed by atoms with van der Waals surface area (Å²) in [5.74, 6) is -1.42. The van der Waals surface area contributed by atoms with E-state index in [2.05, 4.69) is 4.98 Å². The second-order valence-electron chi connectivity index (χ2n) is 4.14. The van der Waals surface area contributed by atoms with Crippen LogP contribution in [0.1, 0.15) is 22.8 Å². The van der Waals surface area contributed by atoms with E-state index in [1.807, 2.05) is 6.92 Å². The van der Waals surface area contributed by atoms with Gasteiger partial charge in [-0.15, -0.1) is 0 Å². The molecule has 0 bridgehead atoms. The molecule has 2 rings (SSSR count). The second kappa shape index (κ2) is 6.23. The summed E-state index contributed by atoms with van der Waals surface area (Å²) in [4.78, 5) is 15.9. The summed E-state index contributed by atoms with van der Waals surface area (Å²) in [7, 11) is 0. The van der Waals surface area contributed by atoms with Crippen LogP contribution >= 0.6 is 0 Å². The molecule has 0 atom stereocenters. The quantitative estimate of drug-likeness (QED) is 0.788. The molecule has 20 heavy (non-hydrogen) atoms. The number of ketones is 1. The van der Waals surface area contributed by atoms with Gasteiger partial charge in [-0.25, -0.2) is 8.78 Å². The van der Waals surface area contributed by atoms with Gasteiger partial charge >= 0.3 is 0 Å². The van der Waals surface area contributed by atoms with Gasteiger partial charge in [-0.05, 0) is 25.1 Å². The highest BCUT2D eigenvalue weighted by Gasteiger charge is 2.15. The third-order valence-electron chi connectivity index (χ3n) is 2.75. The molecule has 0 N–H and O–H groups in total. The van der Waals surface area contributed by atoms with Crippen LogP contribution < -0.4 is 4.74 Å². The number of hydrogen-bond acceptors (Lipinski definition) is 3. The van der Waals surface area contributed by atoms with Gasteiger partial charge in [0.1, 0.15) is 17.4 Å². The van der Waals surface area contributed by atoms with Crippen LogP contribution in [0.25, 0.3) is 0 Å². The zero-order valence-corrected chi connectivity index (χ0v) is 10.9. The van der Waals surface area contributed by atoms with E-state index in [-0.39, 0.29) is 17.5 Å². The summed E-state index contributed by atoms with van der Waals surface area (Å²) in [6.45, 7) is 2.25. The predicted octanol–water partition coefficient (Wildman–Crippen LogP) is 3.18. The number of Topliss-reactive ketones (excluding diaryl/α,β-unsaturated/α-hetero) is 1. The minimum Gasteiger partial charge on any atom is -0.492 e. The normalized spacial score (nSPS) is 10.3. The lowest BCUT2D eigenvalue weighted by Gasteiger charge is -2.06. The van der Waals surface area contributed by atoms with Gasteiger partial charge in [0.2, 0.25) is 0 Å². The van der Waals surface area contributed by atoms with Crippen LogP contribution in [0.4, 0.5) is 8.78 Å². The van der Waals surface area contributed by atoms with Crippen molar-refractivity contribution >= 4 is 5.78 Å². The molecule has 0 fully saturated rings. The Hall–Kier alpha value is -2.30. The van der Waals surface area contributed by atoms with Gasteiger partial charge in [-0.3, -0.25) is 9.78 Å². The number of carbonyl (C=O) groups excluding carboxylic acids is 1. The average Bonchev–Trinajstić information content (AvgIpc) is 2.43. The predicted molar refractivity (Wildman–Crippen MR) is 69.8 cm³/mol. The van der Waals surface area contributed by atoms with Crippen molar-refractivity contribution in [2.24, 2.45) is 0 Å². The molecule has 2 aromatic rings. The van der Waals surface area contributed by atoms with Crippen molar-refractivity contribution in [1.82, 2.24) is 4.98 Å². The Morgan fingerprint density at radius 2 is 1.95 bits per heavy atom. The molecule has 0 aliphatic heterocycles. The third-order valence-corrected chi connectivity index (χ3v) is 2.75. The van der Waals surface area contributed by atoms with Crippen molar-refractivity contribution in [2.75, 3.05) is 6.61 Å². The van der Waals surface area contributed by atoms with Crippen molar-refractivity contribution in [2.45, 2.75) is 13.3 Å². The Labute approximate surface area is 115 Å². The number of ether oxygens (including phenoxy) is 1. The summed E-state index contributed by atoms with van der Waals surface area (Å²) < 4.78 is 32.2. The fourth-order valence-electron chi connectivity index (χ4n) is 1.78. The fraction of sp³-hybridized carbons (Fsp3) is 0.200. The highest BCUT2D eigenvalue weighted by atomic mass is 19.1. The lowest BCUT2D eigenvalue weighted by molar-refractivity contribution is 0.0989. The second-order valence-corrected chi connectivity index (χ2v) is 4.14. The summed E-state index contributed by atoms with van der Waals surface area (Å²) >= 11 is 0. The van der Waals surface area contributed by atoms with E-state index in [0.29, 0.717) is 12.4 Å². The van der Waals surface area contributed by atoms with Crippen molar-refractivity contribution in [3.05, 3.63) is 59.4 Å². The molecule has 0 radical (unpaired) electrons. The topological polar surface area (TPSA) is 39.2 Å². The number of nitrogens with zero attached hydrogens (tertiary/aromatic N) is 1. The molecule has 0 aliphatic rings. The van der Waals surface area contributed by atoms with Gasteiger partial charge in [0.25, 0.3) is 0 Å². The molecule has 0 saturated heterocycles. The minimum absolute atomic E-state index is 0.237. The third kappa shape index (κ3) is 3.17. The number of pyridine rings is 1. The van der Waals surface area contributed by atoms with Crippen LogP contribution in [0.3, 0.4) is 0 Å².